The standard InChI is InChI=1S/C27H30N2O5S/c1-35-14-13-24(25(30)28-18-8-6-7-17(15-18)26(31)32)29-27(33)34-16-23-21-11-4-2-9-19(21)20-10-3-5-12-22(20)23/h2-6,8-12,17-18,23-24H,7,13-16H2,1H3,(H,28,30)(H,29,33)(H,31,32)/t17-,18-,24+/m0/s1. The minimum atomic E-state index is -0.871. The number of allylic oxidation sites excluding steroid dienone is 1. The Labute approximate surface area is 209 Å². The zero-order valence-corrected chi connectivity index (χ0v) is 20.4. The summed E-state index contributed by atoms with van der Waals surface area (Å²) < 4.78 is 5.61. The van der Waals surface area contributed by atoms with Crippen LogP contribution in [0.2, 0.25) is 0 Å². The van der Waals surface area contributed by atoms with Crippen LogP contribution in [0.3, 0.4) is 0 Å². The van der Waals surface area contributed by atoms with Crippen LogP contribution in [0.5, 0.6) is 0 Å². The highest BCUT2D eigenvalue weighted by Gasteiger charge is 2.31. The van der Waals surface area contributed by atoms with Crippen LogP contribution in [0, 0.1) is 5.92 Å². The van der Waals surface area contributed by atoms with Crippen molar-refractivity contribution in [2.24, 2.45) is 5.92 Å². The van der Waals surface area contributed by atoms with Gasteiger partial charge in [0.15, 0.2) is 0 Å². The van der Waals surface area contributed by atoms with Crippen LogP contribution in [0.1, 0.15) is 36.3 Å². The molecule has 0 heterocycles. The fourth-order valence-electron chi connectivity index (χ4n) is 4.77. The highest BCUT2D eigenvalue weighted by molar-refractivity contribution is 7.98. The Hall–Kier alpha value is -3.26. The number of carboxylic acid groups (broad SMARTS) is 1. The quantitative estimate of drug-likeness (QED) is 0.452. The van der Waals surface area contributed by atoms with Crippen molar-refractivity contribution >= 4 is 29.7 Å². The summed E-state index contributed by atoms with van der Waals surface area (Å²) in [5.41, 5.74) is 4.54. The molecule has 0 saturated heterocycles. The highest BCUT2D eigenvalue weighted by Crippen LogP contribution is 2.44. The Morgan fingerprint density at radius 3 is 2.37 bits per heavy atom. The van der Waals surface area contributed by atoms with Crippen LogP contribution in [-0.4, -0.2) is 53.8 Å². The van der Waals surface area contributed by atoms with Crippen molar-refractivity contribution in [1.29, 1.82) is 0 Å². The van der Waals surface area contributed by atoms with Gasteiger partial charge < -0.3 is 20.5 Å². The van der Waals surface area contributed by atoms with Crippen LogP contribution >= 0.6 is 11.8 Å². The van der Waals surface area contributed by atoms with Crippen LogP contribution in [0.15, 0.2) is 60.7 Å². The predicted octanol–water partition coefficient (Wildman–Crippen LogP) is 4.18. The third-order valence-corrected chi connectivity index (χ3v) is 7.21. The molecular formula is C27H30N2O5S. The van der Waals surface area contributed by atoms with Gasteiger partial charge in [-0.2, -0.15) is 11.8 Å². The number of aliphatic carboxylic acids is 1. The number of nitrogens with one attached hydrogen (secondary N) is 2. The molecule has 0 unspecified atom stereocenters. The maximum atomic E-state index is 12.9. The predicted molar refractivity (Wildman–Crippen MR) is 136 cm³/mol. The van der Waals surface area contributed by atoms with E-state index < -0.39 is 24.0 Å². The molecule has 0 bridgehead atoms. The van der Waals surface area contributed by atoms with E-state index >= 15 is 0 Å². The zero-order valence-electron chi connectivity index (χ0n) is 19.6. The maximum absolute atomic E-state index is 12.9. The van der Waals surface area contributed by atoms with Gasteiger partial charge in [-0.05, 0) is 53.5 Å². The van der Waals surface area contributed by atoms with E-state index in [0.29, 0.717) is 25.0 Å². The Morgan fingerprint density at radius 2 is 1.74 bits per heavy atom. The Morgan fingerprint density at radius 1 is 1.09 bits per heavy atom. The van der Waals surface area contributed by atoms with Gasteiger partial charge in [0.05, 0.1) is 5.92 Å². The molecule has 184 valence electrons. The zero-order chi connectivity index (χ0) is 24.8. The first kappa shape index (κ1) is 24.9. The molecule has 3 atom stereocenters. The third-order valence-electron chi connectivity index (χ3n) is 6.57. The van der Waals surface area contributed by atoms with Gasteiger partial charge in [-0.3, -0.25) is 9.59 Å². The van der Waals surface area contributed by atoms with Crippen molar-refractivity contribution in [2.45, 2.75) is 37.3 Å². The molecule has 35 heavy (non-hydrogen) atoms. The third kappa shape index (κ3) is 5.88. The molecule has 0 aliphatic heterocycles. The Balaban J connectivity index is 1.37. The van der Waals surface area contributed by atoms with E-state index in [1.807, 2.05) is 36.6 Å². The summed E-state index contributed by atoms with van der Waals surface area (Å²) >= 11 is 1.58. The first-order valence-electron chi connectivity index (χ1n) is 11.8. The fraction of sp³-hybridized carbons (Fsp3) is 0.370. The smallest absolute Gasteiger partial charge is 0.407 e. The summed E-state index contributed by atoms with van der Waals surface area (Å²) in [7, 11) is 0. The van der Waals surface area contributed by atoms with Crippen molar-refractivity contribution in [3.63, 3.8) is 0 Å². The number of hydrogen-bond donors (Lipinski definition) is 3. The number of thioether (sulfide) groups is 1. The van der Waals surface area contributed by atoms with Crippen molar-refractivity contribution in [1.82, 2.24) is 10.6 Å². The van der Waals surface area contributed by atoms with Gasteiger partial charge in [0.2, 0.25) is 5.91 Å². The van der Waals surface area contributed by atoms with Gasteiger partial charge in [-0.15, -0.1) is 0 Å². The monoisotopic (exact) mass is 494 g/mol. The Bertz CT molecular complexity index is 1070. The topological polar surface area (TPSA) is 105 Å². The molecule has 0 radical (unpaired) electrons. The lowest BCUT2D eigenvalue weighted by Crippen LogP contribution is -2.50. The molecule has 4 rings (SSSR count). The molecule has 2 aromatic carbocycles. The number of amides is 2. The van der Waals surface area contributed by atoms with Crippen LogP contribution in [0.4, 0.5) is 4.79 Å². The Kier molecular flexibility index (Phi) is 8.13. The largest absolute Gasteiger partial charge is 0.481 e. The maximum Gasteiger partial charge on any atom is 0.407 e. The molecule has 0 saturated carbocycles. The average molecular weight is 495 g/mol. The lowest BCUT2D eigenvalue weighted by molar-refractivity contribution is -0.142. The number of hydrogen-bond acceptors (Lipinski definition) is 5. The van der Waals surface area contributed by atoms with Crippen molar-refractivity contribution < 1.29 is 24.2 Å². The lowest BCUT2D eigenvalue weighted by atomic mass is 9.91. The van der Waals surface area contributed by atoms with Crippen LogP contribution < -0.4 is 10.6 Å². The summed E-state index contributed by atoms with van der Waals surface area (Å²) in [6.45, 7) is 0.169. The second kappa shape index (κ2) is 11.4. The summed E-state index contributed by atoms with van der Waals surface area (Å²) in [6.07, 6.45) is 6.11. The average Bonchev–Trinajstić information content (AvgIpc) is 3.19. The molecule has 2 aliphatic rings. The number of fused-ring (bicyclic) bond motifs is 3. The molecule has 7 nitrogen and oxygen atoms in total. The van der Waals surface area contributed by atoms with Gasteiger partial charge in [0.1, 0.15) is 12.6 Å². The minimum absolute atomic E-state index is 0.0630. The van der Waals surface area contributed by atoms with Crippen LogP contribution in [0.25, 0.3) is 11.1 Å². The number of ether oxygens (including phenoxy) is 1. The number of alkyl carbamates (subject to hydrolysis) is 1. The van der Waals surface area contributed by atoms with Gasteiger partial charge in [0, 0.05) is 12.0 Å². The molecule has 2 aromatic rings. The van der Waals surface area contributed by atoms with Gasteiger partial charge >= 0.3 is 12.1 Å². The van der Waals surface area contributed by atoms with E-state index in [1.54, 1.807) is 17.8 Å². The summed E-state index contributed by atoms with van der Waals surface area (Å²) in [4.78, 5) is 37.0. The van der Waals surface area contributed by atoms with E-state index in [4.69, 9.17) is 4.74 Å². The number of carboxylic acids is 1. The molecule has 3 N–H and O–H groups in total. The number of carbonyl (C=O) groups excluding carboxylic acids is 2. The summed E-state index contributed by atoms with van der Waals surface area (Å²) in [6, 6.07) is 15.1. The number of benzene rings is 2. The second-order valence-electron chi connectivity index (χ2n) is 8.85. The minimum Gasteiger partial charge on any atom is -0.481 e. The van der Waals surface area contributed by atoms with Gasteiger partial charge in [-0.25, -0.2) is 4.79 Å². The molecule has 2 aliphatic carbocycles. The number of carbonyl (C=O) groups is 3. The van der Waals surface area contributed by atoms with E-state index in [1.165, 1.54) is 0 Å². The van der Waals surface area contributed by atoms with E-state index in [0.717, 1.165) is 22.3 Å². The first-order chi connectivity index (χ1) is 17.0. The van der Waals surface area contributed by atoms with Gasteiger partial charge in [-0.1, -0.05) is 60.7 Å². The highest BCUT2D eigenvalue weighted by atomic mass is 32.2. The molecule has 2 amide bonds. The SMILES string of the molecule is CSCC[C@@H](NC(=O)OCC1c2ccccc2-c2ccccc21)C(=O)N[C@H]1C=CC[C@H](C(=O)O)C1. The normalized spacial score (nSPS) is 19.3. The molecule has 0 fully saturated rings. The van der Waals surface area contributed by atoms with Crippen molar-refractivity contribution in [3.8, 4) is 11.1 Å². The number of rotatable bonds is 9. The second-order valence-corrected chi connectivity index (χ2v) is 9.84. The molecular weight excluding hydrogens is 464 g/mol. The lowest BCUT2D eigenvalue weighted by Gasteiger charge is -2.25. The molecule has 0 aromatic heterocycles. The van der Waals surface area contributed by atoms with E-state index in [9.17, 15) is 19.5 Å². The summed E-state index contributed by atoms with van der Waals surface area (Å²) in [5, 5.41) is 14.9. The first-order valence-corrected chi connectivity index (χ1v) is 13.2. The van der Waals surface area contributed by atoms with Crippen molar-refractivity contribution in [2.75, 3.05) is 18.6 Å². The van der Waals surface area contributed by atoms with E-state index in [2.05, 4.69) is 34.9 Å². The summed E-state index contributed by atoms with van der Waals surface area (Å²) in [5.74, 6) is -1.12. The molecule has 8 heteroatoms. The van der Waals surface area contributed by atoms with E-state index in [-0.39, 0.29) is 24.5 Å². The van der Waals surface area contributed by atoms with Crippen LogP contribution in [-0.2, 0) is 14.3 Å². The van der Waals surface area contributed by atoms with Gasteiger partial charge in [0.25, 0.3) is 0 Å². The fourth-order valence-corrected chi connectivity index (χ4v) is 5.24. The molecule has 0 spiro atoms. The van der Waals surface area contributed by atoms with Crippen molar-refractivity contribution in [3.05, 3.63) is 71.8 Å².